The van der Waals surface area contributed by atoms with Gasteiger partial charge in [-0.25, -0.2) is 0 Å². The molecule has 0 heterocycles. The molecule has 0 saturated heterocycles. The van der Waals surface area contributed by atoms with Crippen molar-refractivity contribution in [1.29, 1.82) is 0 Å². The number of hydrogen-bond donors (Lipinski definition) is 0. The summed E-state index contributed by atoms with van der Waals surface area (Å²) in [5.74, 6) is 0. The van der Waals surface area contributed by atoms with Crippen molar-refractivity contribution in [2.24, 2.45) is 0 Å². The van der Waals surface area contributed by atoms with Crippen LogP contribution in [0.15, 0.2) is 54.6 Å². The SMILES string of the molecule is C=CCC1=CC=C(c2ccc(C)cc2)CC1. The van der Waals surface area contributed by atoms with E-state index in [1.165, 1.54) is 28.7 Å². The summed E-state index contributed by atoms with van der Waals surface area (Å²) in [5.41, 5.74) is 5.63. The molecule has 0 fully saturated rings. The molecule has 2 rings (SSSR count). The Bertz CT molecular complexity index is 430. The first-order valence-corrected chi connectivity index (χ1v) is 5.86. The Hall–Kier alpha value is -1.56. The monoisotopic (exact) mass is 210 g/mol. The second kappa shape index (κ2) is 4.98. The molecule has 82 valence electrons. The van der Waals surface area contributed by atoms with Gasteiger partial charge in [-0.1, -0.05) is 53.6 Å². The van der Waals surface area contributed by atoms with Gasteiger partial charge in [-0.3, -0.25) is 0 Å². The van der Waals surface area contributed by atoms with Gasteiger partial charge in [0.05, 0.1) is 0 Å². The number of rotatable bonds is 3. The molecule has 1 aromatic rings. The minimum absolute atomic E-state index is 1.03. The Labute approximate surface area is 98.0 Å². The lowest BCUT2D eigenvalue weighted by Crippen LogP contribution is -1.93. The number of aryl methyl sites for hydroxylation is 1. The highest BCUT2D eigenvalue weighted by molar-refractivity contribution is 5.68. The van der Waals surface area contributed by atoms with Crippen LogP contribution in [0.4, 0.5) is 0 Å². The molecule has 0 saturated carbocycles. The molecule has 0 atom stereocenters. The molecule has 0 aromatic heterocycles. The van der Waals surface area contributed by atoms with E-state index in [0.717, 1.165) is 12.8 Å². The van der Waals surface area contributed by atoms with Crippen LogP contribution in [-0.4, -0.2) is 0 Å². The summed E-state index contributed by atoms with van der Waals surface area (Å²) in [7, 11) is 0. The average molecular weight is 210 g/mol. The number of hydrogen-bond acceptors (Lipinski definition) is 0. The molecule has 0 nitrogen and oxygen atoms in total. The normalized spacial score (nSPS) is 15.3. The Morgan fingerprint density at radius 2 is 1.88 bits per heavy atom. The first kappa shape index (κ1) is 10.9. The second-order valence-electron chi connectivity index (χ2n) is 4.38. The van der Waals surface area contributed by atoms with Crippen LogP contribution < -0.4 is 0 Å². The zero-order valence-electron chi connectivity index (χ0n) is 9.87. The van der Waals surface area contributed by atoms with Crippen LogP contribution in [0.3, 0.4) is 0 Å². The highest BCUT2D eigenvalue weighted by Crippen LogP contribution is 2.28. The smallest absolute Gasteiger partial charge is 0.0138 e. The van der Waals surface area contributed by atoms with Gasteiger partial charge in [-0.15, -0.1) is 6.58 Å². The third-order valence-corrected chi connectivity index (χ3v) is 3.06. The highest BCUT2D eigenvalue weighted by atomic mass is 14.1. The molecule has 16 heavy (non-hydrogen) atoms. The quantitative estimate of drug-likeness (QED) is 0.636. The molecule has 0 bridgehead atoms. The van der Waals surface area contributed by atoms with Gasteiger partial charge in [0.15, 0.2) is 0 Å². The van der Waals surface area contributed by atoms with E-state index in [4.69, 9.17) is 0 Å². The fourth-order valence-electron chi connectivity index (χ4n) is 2.04. The van der Waals surface area contributed by atoms with E-state index >= 15 is 0 Å². The van der Waals surface area contributed by atoms with Crippen LogP contribution in [0.1, 0.15) is 30.4 Å². The molecule has 0 unspecified atom stereocenters. The summed E-state index contributed by atoms with van der Waals surface area (Å²) in [6.45, 7) is 5.91. The van der Waals surface area contributed by atoms with Crippen molar-refractivity contribution in [2.75, 3.05) is 0 Å². The third kappa shape index (κ3) is 2.52. The van der Waals surface area contributed by atoms with Gasteiger partial charge in [0.2, 0.25) is 0 Å². The van der Waals surface area contributed by atoms with Crippen LogP contribution >= 0.6 is 0 Å². The lowest BCUT2D eigenvalue weighted by molar-refractivity contribution is 0.939. The minimum Gasteiger partial charge on any atom is -0.103 e. The molecule has 1 aliphatic carbocycles. The van der Waals surface area contributed by atoms with Gasteiger partial charge in [0.25, 0.3) is 0 Å². The van der Waals surface area contributed by atoms with Crippen LogP contribution in [0.25, 0.3) is 5.57 Å². The van der Waals surface area contributed by atoms with Crippen molar-refractivity contribution in [3.8, 4) is 0 Å². The maximum Gasteiger partial charge on any atom is -0.0138 e. The van der Waals surface area contributed by atoms with Crippen molar-refractivity contribution in [2.45, 2.75) is 26.2 Å². The third-order valence-electron chi connectivity index (χ3n) is 3.06. The standard InChI is InChI=1S/C16H18/c1-3-4-14-7-11-16(12-8-14)15-9-5-13(2)6-10-15/h3,5-7,9-11H,1,4,8,12H2,2H3. The highest BCUT2D eigenvalue weighted by Gasteiger charge is 2.06. The number of allylic oxidation sites excluding steroid dienone is 5. The summed E-state index contributed by atoms with van der Waals surface area (Å²) < 4.78 is 0. The predicted molar refractivity (Wildman–Crippen MR) is 71.3 cm³/mol. The molecule has 0 amide bonds. The van der Waals surface area contributed by atoms with Crippen molar-refractivity contribution in [3.63, 3.8) is 0 Å². The van der Waals surface area contributed by atoms with Gasteiger partial charge < -0.3 is 0 Å². The van der Waals surface area contributed by atoms with Crippen LogP contribution in [0.5, 0.6) is 0 Å². The van der Waals surface area contributed by atoms with E-state index < -0.39 is 0 Å². The fraction of sp³-hybridized carbons (Fsp3) is 0.250. The van der Waals surface area contributed by atoms with Gasteiger partial charge in [0.1, 0.15) is 0 Å². The summed E-state index contributed by atoms with van der Waals surface area (Å²) >= 11 is 0. The molecular formula is C16H18. The molecule has 1 aliphatic rings. The largest absolute Gasteiger partial charge is 0.103 e. The van der Waals surface area contributed by atoms with Crippen LogP contribution in [0.2, 0.25) is 0 Å². The summed E-state index contributed by atoms with van der Waals surface area (Å²) in [4.78, 5) is 0. The van der Waals surface area contributed by atoms with Gasteiger partial charge in [-0.2, -0.15) is 0 Å². The average Bonchev–Trinajstić information content (AvgIpc) is 2.32. The molecule has 0 spiro atoms. The Balaban J connectivity index is 2.18. The zero-order valence-corrected chi connectivity index (χ0v) is 9.87. The van der Waals surface area contributed by atoms with Crippen LogP contribution in [0, 0.1) is 6.92 Å². The van der Waals surface area contributed by atoms with E-state index in [1.54, 1.807) is 0 Å². The van der Waals surface area contributed by atoms with E-state index in [9.17, 15) is 0 Å². The Kier molecular flexibility index (Phi) is 3.40. The van der Waals surface area contributed by atoms with Crippen LogP contribution in [-0.2, 0) is 0 Å². The molecule has 1 aromatic carbocycles. The number of benzene rings is 1. The zero-order chi connectivity index (χ0) is 11.4. The van der Waals surface area contributed by atoms with Gasteiger partial charge in [0, 0.05) is 0 Å². The molecule has 0 heteroatoms. The topological polar surface area (TPSA) is 0 Å². The maximum absolute atomic E-state index is 3.78. The lowest BCUT2D eigenvalue weighted by Gasteiger charge is -2.14. The van der Waals surface area contributed by atoms with E-state index in [1.807, 2.05) is 6.08 Å². The van der Waals surface area contributed by atoms with Crippen molar-refractivity contribution in [3.05, 3.63) is 65.8 Å². The summed E-state index contributed by atoms with van der Waals surface area (Å²) in [6, 6.07) is 8.79. The van der Waals surface area contributed by atoms with E-state index in [0.29, 0.717) is 0 Å². The molecule has 0 aliphatic heterocycles. The summed E-state index contributed by atoms with van der Waals surface area (Å²) in [5, 5.41) is 0. The Morgan fingerprint density at radius 1 is 1.12 bits per heavy atom. The summed E-state index contributed by atoms with van der Waals surface area (Å²) in [6.07, 6.45) is 9.84. The first-order chi connectivity index (χ1) is 7.79. The second-order valence-corrected chi connectivity index (χ2v) is 4.38. The Morgan fingerprint density at radius 3 is 2.44 bits per heavy atom. The van der Waals surface area contributed by atoms with E-state index in [-0.39, 0.29) is 0 Å². The van der Waals surface area contributed by atoms with Gasteiger partial charge >= 0.3 is 0 Å². The fourth-order valence-corrected chi connectivity index (χ4v) is 2.04. The van der Waals surface area contributed by atoms with Crippen molar-refractivity contribution in [1.82, 2.24) is 0 Å². The minimum atomic E-state index is 1.03. The lowest BCUT2D eigenvalue weighted by atomic mass is 9.92. The first-order valence-electron chi connectivity index (χ1n) is 5.86. The van der Waals surface area contributed by atoms with Crippen molar-refractivity contribution >= 4 is 5.57 Å². The maximum atomic E-state index is 3.78. The molecule has 0 radical (unpaired) electrons. The van der Waals surface area contributed by atoms with E-state index in [2.05, 4.69) is 49.9 Å². The molecule has 0 N–H and O–H groups in total. The molecular weight excluding hydrogens is 192 g/mol. The van der Waals surface area contributed by atoms with Crippen molar-refractivity contribution < 1.29 is 0 Å². The predicted octanol–water partition coefficient (Wildman–Crippen LogP) is 4.67. The van der Waals surface area contributed by atoms with Gasteiger partial charge in [-0.05, 0) is 37.3 Å².